The lowest BCUT2D eigenvalue weighted by molar-refractivity contribution is 0.215. The molecule has 0 saturated carbocycles. The molecule has 1 heterocycles. The fourth-order valence-electron chi connectivity index (χ4n) is 1.09. The molecule has 0 N–H and O–H groups in total. The Bertz CT molecular complexity index is 455. The first-order valence-corrected chi connectivity index (χ1v) is 5.95. The van der Waals surface area contributed by atoms with E-state index in [2.05, 4.69) is 15.0 Å². The van der Waals surface area contributed by atoms with Crippen LogP contribution in [-0.4, -0.2) is 28.6 Å². The van der Waals surface area contributed by atoms with Crippen LogP contribution in [0.15, 0.2) is 28.4 Å². The topological polar surface area (TPSA) is 39.4 Å². The van der Waals surface area contributed by atoms with Crippen LogP contribution in [-0.2, 0) is 11.9 Å². The van der Waals surface area contributed by atoms with E-state index in [1.807, 2.05) is 0 Å². The number of nitrogens with zero attached hydrogens (tertiary/aromatic N) is 3. The summed E-state index contributed by atoms with van der Waals surface area (Å²) in [5.74, 6) is -1.19. The summed E-state index contributed by atoms with van der Waals surface area (Å²) in [5, 5.41) is 4.18. The molecule has 100 valence electrons. The van der Waals surface area contributed by atoms with E-state index in [1.54, 1.807) is 17.8 Å². The number of aromatic nitrogens is 2. The summed E-state index contributed by atoms with van der Waals surface area (Å²) in [5.41, 5.74) is 0.701. The van der Waals surface area contributed by atoms with Gasteiger partial charge in [0.2, 0.25) is 0 Å². The summed E-state index contributed by atoms with van der Waals surface area (Å²) >= 11 is 1.19. The summed E-state index contributed by atoms with van der Waals surface area (Å²) in [6.07, 6.45) is 0.454. The zero-order valence-electron chi connectivity index (χ0n) is 9.86. The summed E-state index contributed by atoms with van der Waals surface area (Å²) in [6.45, 7) is 0. The van der Waals surface area contributed by atoms with Crippen molar-refractivity contribution in [1.82, 2.24) is 9.55 Å². The standard InChI is InChI=1S/C10H12F3N3OS/c1-16-7(6-15-17-2)5-14-10(16)18-4-3-8(11)9(12)13/h5-6H,3-4H2,1-2H3/b15-6-. The van der Waals surface area contributed by atoms with Gasteiger partial charge >= 0.3 is 6.08 Å². The van der Waals surface area contributed by atoms with Gasteiger partial charge in [0.05, 0.1) is 18.1 Å². The lowest BCUT2D eigenvalue weighted by atomic mass is 10.4. The summed E-state index contributed by atoms with van der Waals surface area (Å²) < 4.78 is 37.9. The third-order valence-electron chi connectivity index (χ3n) is 2.03. The monoisotopic (exact) mass is 279 g/mol. The third kappa shape index (κ3) is 4.10. The molecule has 1 aromatic heterocycles. The molecule has 1 aromatic rings. The van der Waals surface area contributed by atoms with Crippen LogP contribution < -0.4 is 0 Å². The van der Waals surface area contributed by atoms with Crippen LogP contribution in [0.3, 0.4) is 0 Å². The number of hydrogen-bond donors (Lipinski definition) is 0. The average molecular weight is 279 g/mol. The van der Waals surface area contributed by atoms with Crippen molar-refractivity contribution in [1.29, 1.82) is 0 Å². The minimum atomic E-state index is -2.26. The maximum absolute atomic E-state index is 12.6. The molecule has 0 atom stereocenters. The highest BCUT2D eigenvalue weighted by Gasteiger charge is 2.08. The van der Waals surface area contributed by atoms with Crippen molar-refractivity contribution in [2.24, 2.45) is 12.2 Å². The van der Waals surface area contributed by atoms with Gasteiger partial charge in [-0.15, -0.1) is 0 Å². The highest BCUT2D eigenvalue weighted by atomic mass is 32.2. The SMILES string of the molecule is CO/N=C\c1cnc(SCCC(F)=C(F)F)n1C. The molecule has 0 aliphatic carbocycles. The molecule has 0 unspecified atom stereocenters. The van der Waals surface area contributed by atoms with Crippen molar-refractivity contribution in [2.45, 2.75) is 11.6 Å². The second-order valence-corrected chi connectivity index (χ2v) is 4.27. The van der Waals surface area contributed by atoms with E-state index in [9.17, 15) is 13.2 Å². The highest BCUT2D eigenvalue weighted by molar-refractivity contribution is 7.99. The maximum atomic E-state index is 12.6. The van der Waals surface area contributed by atoms with E-state index < -0.39 is 11.9 Å². The minimum absolute atomic E-state index is 0.189. The largest absolute Gasteiger partial charge is 0.399 e. The molecule has 0 bridgehead atoms. The Labute approximate surface area is 107 Å². The fraction of sp³-hybridized carbons (Fsp3) is 0.400. The molecule has 1 rings (SSSR count). The second kappa shape index (κ2) is 7.10. The van der Waals surface area contributed by atoms with Crippen LogP contribution in [0.5, 0.6) is 0 Å². The van der Waals surface area contributed by atoms with Gasteiger partial charge in [0, 0.05) is 19.2 Å². The van der Waals surface area contributed by atoms with Crippen molar-refractivity contribution in [3.05, 3.63) is 23.8 Å². The van der Waals surface area contributed by atoms with E-state index in [0.29, 0.717) is 10.9 Å². The molecule has 4 nitrogen and oxygen atoms in total. The van der Waals surface area contributed by atoms with Gasteiger partial charge < -0.3 is 9.40 Å². The van der Waals surface area contributed by atoms with Gasteiger partial charge in [0.1, 0.15) is 7.11 Å². The average Bonchev–Trinajstić information content (AvgIpc) is 2.68. The van der Waals surface area contributed by atoms with Crippen molar-refractivity contribution in [3.8, 4) is 0 Å². The Kier molecular flexibility index (Phi) is 5.76. The Balaban J connectivity index is 2.56. The normalized spacial score (nSPS) is 10.9. The number of allylic oxidation sites excluding steroid dienone is 1. The second-order valence-electron chi connectivity index (χ2n) is 3.21. The molecule has 0 saturated heterocycles. The zero-order valence-corrected chi connectivity index (χ0v) is 10.7. The highest BCUT2D eigenvalue weighted by Crippen LogP contribution is 2.21. The Morgan fingerprint density at radius 2 is 2.28 bits per heavy atom. The maximum Gasteiger partial charge on any atom is 0.301 e. The van der Waals surface area contributed by atoms with Gasteiger partial charge in [-0.2, -0.15) is 8.78 Å². The van der Waals surface area contributed by atoms with E-state index in [0.717, 1.165) is 0 Å². The molecule has 0 amide bonds. The van der Waals surface area contributed by atoms with E-state index in [4.69, 9.17) is 0 Å². The fourth-order valence-corrected chi connectivity index (χ4v) is 1.98. The van der Waals surface area contributed by atoms with Crippen LogP contribution in [0.2, 0.25) is 0 Å². The first-order valence-electron chi connectivity index (χ1n) is 4.97. The first-order chi connectivity index (χ1) is 8.56. The Morgan fingerprint density at radius 3 is 2.89 bits per heavy atom. The Hall–Kier alpha value is -1.44. The van der Waals surface area contributed by atoms with Gasteiger partial charge in [-0.25, -0.2) is 9.37 Å². The van der Waals surface area contributed by atoms with Gasteiger partial charge in [-0.05, 0) is 0 Å². The molecule has 0 spiro atoms. The molecule has 0 radical (unpaired) electrons. The number of hydrogen-bond acceptors (Lipinski definition) is 4. The Morgan fingerprint density at radius 1 is 1.56 bits per heavy atom. The van der Waals surface area contributed by atoms with Gasteiger partial charge in [0.15, 0.2) is 11.0 Å². The van der Waals surface area contributed by atoms with Crippen molar-refractivity contribution in [2.75, 3.05) is 12.9 Å². The number of rotatable bonds is 6. The van der Waals surface area contributed by atoms with Crippen molar-refractivity contribution in [3.63, 3.8) is 0 Å². The predicted molar refractivity (Wildman–Crippen MR) is 63.5 cm³/mol. The van der Waals surface area contributed by atoms with Crippen LogP contribution >= 0.6 is 11.8 Å². The first kappa shape index (κ1) is 14.6. The zero-order chi connectivity index (χ0) is 13.5. The van der Waals surface area contributed by atoms with Crippen molar-refractivity contribution < 1.29 is 18.0 Å². The molecular formula is C10H12F3N3OS. The van der Waals surface area contributed by atoms with E-state index >= 15 is 0 Å². The lowest BCUT2D eigenvalue weighted by Crippen LogP contribution is -1.97. The summed E-state index contributed by atoms with van der Waals surface area (Å²) in [6, 6.07) is 0. The van der Waals surface area contributed by atoms with Gasteiger partial charge in [-0.3, -0.25) is 0 Å². The predicted octanol–water partition coefficient (Wildman–Crippen LogP) is 2.96. The van der Waals surface area contributed by atoms with E-state index in [1.165, 1.54) is 25.1 Å². The number of thioether (sulfide) groups is 1. The number of oxime groups is 1. The van der Waals surface area contributed by atoms with Crippen molar-refractivity contribution >= 4 is 18.0 Å². The molecule has 18 heavy (non-hydrogen) atoms. The molecule has 0 aromatic carbocycles. The lowest BCUT2D eigenvalue weighted by Gasteiger charge is -2.02. The van der Waals surface area contributed by atoms with Gasteiger partial charge in [0.25, 0.3) is 0 Å². The van der Waals surface area contributed by atoms with Crippen LogP contribution in [0.25, 0.3) is 0 Å². The molecule has 0 aliphatic heterocycles. The van der Waals surface area contributed by atoms with Gasteiger partial charge in [-0.1, -0.05) is 16.9 Å². The molecule has 0 fully saturated rings. The molecule has 8 heteroatoms. The van der Waals surface area contributed by atoms with E-state index in [-0.39, 0.29) is 12.2 Å². The third-order valence-corrected chi connectivity index (χ3v) is 3.08. The minimum Gasteiger partial charge on any atom is -0.399 e. The number of halogens is 3. The quantitative estimate of drug-likeness (QED) is 0.456. The molecular weight excluding hydrogens is 267 g/mol. The molecule has 0 aliphatic rings. The summed E-state index contributed by atoms with van der Waals surface area (Å²) in [7, 11) is 3.16. The number of imidazole rings is 1. The van der Waals surface area contributed by atoms with Crippen LogP contribution in [0, 0.1) is 0 Å². The van der Waals surface area contributed by atoms with Crippen LogP contribution in [0.4, 0.5) is 13.2 Å². The smallest absolute Gasteiger partial charge is 0.301 e. The summed E-state index contributed by atoms with van der Waals surface area (Å²) in [4.78, 5) is 8.59. The van der Waals surface area contributed by atoms with Crippen LogP contribution in [0.1, 0.15) is 12.1 Å².